The Morgan fingerprint density at radius 2 is 1.25 bits per heavy atom. The standard InChI is InChI=1S/C26H34N2O4S.C21H34N2O4S/c1-5-32-25(29)17-26-18-28(33(30,31)23-9-7-19(2)8-10-23)13-6-12-27(26)14-11-22-15-20(3)21(4)16-24(22)26;1-4-6-13-22-14-7-8-15-23(17-19(22)16-21(24)27-5-2)28(25,26)20-11-9-18(3)10-12-20/h7-10,15-16H,5-6,11-14,17-18H2,1-4H3;9-12,19H,4-8,13-17H2,1-3H3. The van der Waals surface area contributed by atoms with E-state index in [0.29, 0.717) is 42.6 Å². The topological polar surface area (TPSA) is 134 Å². The third-order valence-corrected chi connectivity index (χ3v) is 16.1. The second-order valence-electron chi connectivity index (χ2n) is 16.8. The molecule has 3 heterocycles. The smallest absolute Gasteiger partial charge is 0.308 e. The lowest BCUT2D eigenvalue weighted by atomic mass is 9.76. The Hall–Kier alpha value is -3.66. The van der Waals surface area contributed by atoms with Gasteiger partial charge in [0.15, 0.2) is 0 Å². The number of sulfonamides is 2. The van der Waals surface area contributed by atoms with Gasteiger partial charge in [0.25, 0.3) is 0 Å². The van der Waals surface area contributed by atoms with Gasteiger partial charge in [0.05, 0.1) is 41.4 Å². The predicted octanol–water partition coefficient (Wildman–Crippen LogP) is 6.92. The molecule has 6 rings (SSSR count). The van der Waals surface area contributed by atoms with E-state index in [2.05, 4.69) is 42.7 Å². The molecule has 0 amide bonds. The molecule has 14 heteroatoms. The van der Waals surface area contributed by atoms with Crippen molar-refractivity contribution in [3.05, 3.63) is 94.0 Å². The number of hydrogen-bond donors (Lipinski definition) is 0. The maximum atomic E-state index is 13.7. The number of carbonyl (C=O) groups excluding carboxylic acids is 2. The van der Waals surface area contributed by atoms with Crippen molar-refractivity contribution in [2.45, 2.75) is 121 Å². The van der Waals surface area contributed by atoms with Gasteiger partial charge in [-0.25, -0.2) is 16.8 Å². The quantitative estimate of drug-likeness (QED) is 0.167. The van der Waals surface area contributed by atoms with Gasteiger partial charge in [-0.1, -0.05) is 60.9 Å². The van der Waals surface area contributed by atoms with Gasteiger partial charge in [-0.2, -0.15) is 8.61 Å². The number of aryl methyl sites for hydroxylation is 4. The fraction of sp³-hybridized carbons (Fsp3) is 0.574. The van der Waals surface area contributed by atoms with Crippen molar-refractivity contribution in [1.82, 2.24) is 18.4 Å². The fourth-order valence-electron chi connectivity index (χ4n) is 8.82. The Balaban J connectivity index is 0.000000234. The third kappa shape index (κ3) is 11.9. The molecule has 2 saturated heterocycles. The van der Waals surface area contributed by atoms with Gasteiger partial charge >= 0.3 is 11.9 Å². The van der Waals surface area contributed by atoms with Crippen LogP contribution in [0, 0.1) is 27.7 Å². The molecule has 61 heavy (non-hydrogen) atoms. The number of rotatable bonds is 13. The van der Waals surface area contributed by atoms with E-state index < -0.39 is 25.6 Å². The first-order valence-electron chi connectivity index (χ1n) is 22.1. The fourth-order valence-corrected chi connectivity index (χ4v) is 11.9. The molecule has 2 fully saturated rings. The summed E-state index contributed by atoms with van der Waals surface area (Å²) < 4.78 is 67.6. The zero-order valence-electron chi connectivity index (χ0n) is 37.5. The van der Waals surface area contributed by atoms with Crippen LogP contribution in [-0.2, 0) is 51.1 Å². The predicted molar refractivity (Wildman–Crippen MR) is 239 cm³/mol. The Bertz CT molecular complexity index is 2160. The first-order chi connectivity index (χ1) is 29.0. The third-order valence-electron chi connectivity index (χ3n) is 12.4. The molecule has 0 aromatic heterocycles. The Morgan fingerprint density at radius 3 is 1.85 bits per heavy atom. The van der Waals surface area contributed by atoms with Crippen LogP contribution < -0.4 is 0 Å². The lowest BCUT2D eigenvalue weighted by Gasteiger charge is -2.48. The summed E-state index contributed by atoms with van der Waals surface area (Å²) in [7, 11) is -7.29. The van der Waals surface area contributed by atoms with Crippen LogP contribution in [-0.4, -0.2) is 119 Å². The number of unbranched alkanes of at least 4 members (excludes halogenated alkanes) is 1. The van der Waals surface area contributed by atoms with E-state index in [-0.39, 0.29) is 37.4 Å². The first kappa shape index (κ1) is 48.4. The molecule has 2 atom stereocenters. The molecule has 3 aliphatic heterocycles. The molecule has 0 saturated carbocycles. The maximum Gasteiger partial charge on any atom is 0.308 e. The monoisotopic (exact) mass is 880 g/mol. The molecule has 0 aliphatic carbocycles. The van der Waals surface area contributed by atoms with Crippen molar-refractivity contribution in [2.75, 3.05) is 65.6 Å². The minimum Gasteiger partial charge on any atom is -0.466 e. The second-order valence-corrected chi connectivity index (χ2v) is 20.7. The van der Waals surface area contributed by atoms with Crippen LogP contribution in [0.5, 0.6) is 0 Å². The lowest BCUT2D eigenvalue weighted by molar-refractivity contribution is -0.147. The molecule has 336 valence electrons. The van der Waals surface area contributed by atoms with Crippen molar-refractivity contribution in [3.8, 4) is 0 Å². The Labute approximate surface area is 365 Å². The number of benzene rings is 3. The molecule has 3 aliphatic rings. The number of ether oxygens (including phenoxy) is 2. The summed E-state index contributed by atoms with van der Waals surface area (Å²) in [5.74, 6) is -0.551. The minimum absolute atomic E-state index is 0.135. The van der Waals surface area contributed by atoms with Crippen molar-refractivity contribution in [3.63, 3.8) is 0 Å². The SMILES string of the molecule is CCCCN1CCCCN(S(=O)(=O)c2ccc(C)cc2)CC1CC(=O)OCC.CCOC(=O)CC12CN(S(=O)(=O)c3ccc(C)cc3)CCCN1CCc1cc(C)c(C)cc12. The number of fused-ring (bicyclic) bond motifs is 3. The summed E-state index contributed by atoms with van der Waals surface area (Å²) in [6.07, 6.45) is 5.80. The number of carbonyl (C=O) groups is 2. The highest BCUT2D eigenvalue weighted by Crippen LogP contribution is 2.43. The van der Waals surface area contributed by atoms with Gasteiger partial charge in [0.2, 0.25) is 20.0 Å². The van der Waals surface area contributed by atoms with Crippen LogP contribution in [0.1, 0.15) is 99.1 Å². The highest BCUT2D eigenvalue weighted by molar-refractivity contribution is 7.89. The van der Waals surface area contributed by atoms with Gasteiger partial charge in [-0.05, 0) is 133 Å². The van der Waals surface area contributed by atoms with E-state index >= 15 is 0 Å². The van der Waals surface area contributed by atoms with Crippen LogP contribution in [0.15, 0.2) is 70.5 Å². The zero-order chi connectivity index (χ0) is 44.4. The van der Waals surface area contributed by atoms with Crippen LogP contribution in [0.2, 0.25) is 0 Å². The molecule has 3 aromatic rings. The van der Waals surface area contributed by atoms with Crippen LogP contribution >= 0.6 is 0 Å². The highest BCUT2D eigenvalue weighted by atomic mass is 32.2. The number of nitrogens with zero attached hydrogens (tertiary/aromatic N) is 4. The largest absolute Gasteiger partial charge is 0.466 e. The van der Waals surface area contributed by atoms with Gasteiger partial charge in [0, 0.05) is 45.3 Å². The minimum atomic E-state index is -3.71. The van der Waals surface area contributed by atoms with Crippen molar-refractivity contribution in [1.29, 1.82) is 0 Å². The summed E-state index contributed by atoms with van der Waals surface area (Å²) >= 11 is 0. The van der Waals surface area contributed by atoms with E-state index in [1.54, 1.807) is 46.7 Å². The first-order valence-corrected chi connectivity index (χ1v) is 25.0. The van der Waals surface area contributed by atoms with E-state index in [1.807, 2.05) is 38.1 Å². The second kappa shape index (κ2) is 21.6. The van der Waals surface area contributed by atoms with Gasteiger partial charge in [0.1, 0.15) is 0 Å². The van der Waals surface area contributed by atoms with Crippen LogP contribution in [0.25, 0.3) is 0 Å². The summed E-state index contributed by atoms with van der Waals surface area (Å²) in [6, 6.07) is 18.2. The maximum absolute atomic E-state index is 13.7. The molecule has 2 unspecified atom stereocenters. The van der Waals surface area contributed by atoms with Crippen molar-refractivity contribution < 1.29 is 35.9 Å². The summed E-state index contributed by atoms with van der Waals surface area (Å²) in [4.78, 5) is 30.3. The van der Waals surface area contributed by atoms with Gasteiger partial charge in [-0.3, -0.25) is 19.4 Å². The van der Waals surface area contributed by atoms with Gasteiger partial charge < -0.3 is 9.47 Å². The summed E-state index contributed by atoms with van der Waals surface area (Å²) in [5.41, 5.74) is 5.93. The molecule has 0 N–H and O–H groups in total. The van der Waals surface area contributed by atoms with Gasteiger partial charge in [-0.15, -0.1) is 0 Å². The van der Waals surface area contributed by atoms with Crippen LogP contribution in [0.3, 0.4) is 0 Å². The van der Waals surface area contributed by atoms with Crippen LogP contribution in [0.4, 0.5) is 0 Å². The van der Waals surface area contributed by atoms with E-state index in [4.69, 9.17) is 9.47 Å². The molecule has 0 radical (unpaired) electrons. The molecular formula is C47H68N4O8S2. The van der Waals surface area contributed by atoms with E-state index in [0.717, 1.165) is 87.0 Å². The molecule has 0 bridgehead atoms. The Kier molecular flexibility index (Phi) is 17.1. The average molecular weight is 881 g/mol. The molecule has 12 nitrogen and oxygen atoms in total. The Morgan fingerprint density at radius 1 is 0.689 bits per heavy atom. The van der Waals surface area contributed by atoms with Crippen molar-refractivity contribution >= 4 is 32.0 Å². The highest BCUT2D eigenvalue weighted by Gasteiger charge is 2.49. The van der Waals surface area contributed by atoms with Crippen molar-refractivity contribution in [2.24, 2.45) is 0 Å². The molecule has 0 spiro atoms. The molecular weight excluding hydrogens is 813 g/mol. The van der Waals surface area contributed by atoms with E-state index in [9.17, 15) is 26.4 Å². The summed E-state index contributed by atoms with van der Waals surface area (Å²) in [5, 5.41) is 0. The normalized spacial score (nSPS) is 20.8. The van der Waals surface area contributed by atoms with E-state index in [1.165, 1.54) is 11.1 Å². The number of esters is 2. The molecule has 3 aromatic carbocycles. The lowest BCUT2D eigenvalue weighted by Crippen LogP contribution is -2.56. The average Bonchev–Trinajstić information content (AvgIpc) is 3.40. The zero-order valence-corrected chi connectivity index (χ0v) is 39.1. The summed E-state index contributed by atoms with van der Waals surface area (Å²) in [6.45, 7) is 19.2. The number of hydrogen-bond acceptors (Lipinski definition) is 10.